The number of rotatable bonds is 3. The Morgan fingerprint density at radius 3 is 2.76 bits per heavy atom. The van der Waals surface area contributed by atoms with Crippen LogP contribution in [0.3, 0.4) is 0 Å². The largest absolute Gasteiger partial charge is 0.368 e. The Morgan fingerprint density at radius 1 is 1.24 bits per heavy atom. The molecule has 17 heavy (non-hydrogen) atoms. The summed E-state index contributed by atoms with van der Waals surface area (Å²) in [6.45, 7) is 4.10. The molecule has 6 nitrogen and oxygen atoms in total. The molecule has 0 amide bonds. The highest BCUT2D eigenvalue weighted by molar-refractivity contribution is 5.32. The molecule has 3 rings (SSSR count). The van der Waals surface area contributed by atoms with Crippen LogP contribution in [-0.4, -0.2) is 45.0 Å². The molecule has 3 N–H and O–H groups in total. The van der Waals surface area contributed by atoms with Gasteiger partial charge in [0.15, 0.2) is 0 Å². The third-order valence-electron chi connectivity index (χ3n) is 3.38. The number of nitrogens with one attached hydrogen (secondary N) is 1. The monoisotopic (exact) mass is 234 g/mol. The van der Waals surface area contributed by atoms with Gasteiger partial charge in [-0.3, -0.25) is 4.90 Å². The minimum atomic E-state index is 0.289. The highest BCUT2D eigenvalue weighted by Crippen LogP contribution is 2.30. The van der Waals surface area contributed by atoms with Gasteiger partial charge in [-0.15, -0.1) is 0 Å². The maximum atomic E-state index is 5.61. The van der Waals surface area contributed by atoms with Crippen LogP contribution >= 0.6 is 0 Å². The van der Waals surface area contributed by atoms with E-state index in [0.29, 0.717) is 17.8 Å². The number of aryl methyl sites for hydroxylation is 1. The van der Waals surface area contributed by atoms with E-state index < -0.39 is 0 Å². The van der Waals surface area contributed by atoms with Crippen LogP contribution in [0.15, 0.2) is 0 Å². The van der Waals surface area contributed by atoms with Crippen LogP contribution in [-0.2, 0) is 0 Å². The molecule has 1 saturated carbocycles. The van der Waals surface area contributed by atoms with Crippen molar-refractivity contribution in [1.82, 2.24) is 19.9 Å². The first-order chi connectivity index (χ1) is 8.20. The molecule has 0 bridgehead atoms. The van der Waals surface area contributed by atoms with E-state index in [1.165, 1.54) is 19.4 Å². The minimum absolute atomic E-state index is 0.289. The van der Waals surface area contributed by atoms with E-state index in [-0.39, 0.29) is 5.95 Å². The van der Waals surface area contributed by atoms with Gasteiger partial charge >= 0.3 is 0 Å². The highest BCUT2D eigenvalue weighted by Gasteiger charge is 2.34. The van der Waals surface area contributed by atoms with Crippen molar-refractivity contribution in [3.63, 3.8) is 0 Å². The second kappa shape index (κ2) is 4.10. The number of hydrogen-bond acceptors (Lipinski definition) is 6. The Hall–Kier alpha value is -1.43. The smallest absolute Gasteiger partial charge is 0.227 e. The molecule has 1 aliphatic heterocycles. The second-order valence-corrected chi connectivity index (χ2v) is 4.92. The lowest BCUT2D eigenvalue weighted by Gasteiger charge is -2.15. The van der Waals surface area contributed by atoms with Crippen LogP contribution in [0.2, 0.25) is 0 Å². The standard InChI is InChI=1S/C11H18N6/c1-7-13-10(12)16-11(14-7)15-8-4-5-17(6-8)9-2-3-9/h8-9H,2-6H2,1H3,(H3,12,13,14,15,16). The molecule has 2 aliphatic rings. The molecule has 2 fully saturated rings. The zero-order chi connectivity index (χ0) is 11.8. The first-order valence-electron chi connectivity index (χ1n) is 6.19. The summed E-state index contributed by atoms with van der Waals surface area (Å²) >= 11 is 0. The first-order valence-corrected chi connectivity index (χ1v) is 6.19. The zero-order valence-corrected chi connectivity index (χ0v) is 10.1. The summed E-state index contributed by atoms with van der Waals surface area (Å²) in [6.07, 6.45) is 3.89. The maximum Gasteiger partial charge on any atom is 0.227 e. The van der Waals surface area contributed by atoms with Gasteiger partial charge < -0.3 is 11.1 Å². The summed E-state index contributed by atoms with van der Waals surface area (Å²) < 4.78 is 0. The summed E-state index contributed by atoms with van der Waals surface area (Å²) in [7, 11) is 0. The van der Waals surface area contributed by atoms with Crippen LogP contribution in [0.5, 0.6) is 0 Å². The van der Waals surface area contributed by atoms with Crippen molar-refractivity contribution in [2.75, 3.05) is 24.1 Å². The lowest BCUT2D eigenvalue weighted by molar-refractivity contribution is 0.326. The average molecular weight is 234 g/mol. The number of nitrogens with two attached hydrogens (primary N) is 1. The highest BCUT2D eigenvalue weighted by atomic mass is 15.3. The van der Waals surface area contributed by atoms with Crippen molar-refractivity contribution in [2.24, 2.45) is 0 Å². The van der Waals surface area contributed by atoms with Gasteiger partial charge in [0.25, 0.3) is 0 Å². The number of nitrogen functional groups attached to an aromatic ring is 1. The van der Waals surface area contributed by atoms with Crippen LogP contribution < -0.4 is 11.1 Å². The van der Waals surface area contributed by atoms with Gasteiger partial charge in [-0.25, -0.2) is 0 Å². The van der Waals surface area contributed by atoms with Crippen LogP contribution in [0.1, 0.15) is 25.1 Å². The molecule has 0 spiro atoms. The molecule has 1 unspecified atom stereocenters. The minimum Gasteiger partial charge on any atom is -0.368 e. The first kappa shape index (κ1) is 10.7. The summed E-state index contributed by atoms with van der Waals surface area (Å²) in [5.74, 6) is 1.56. The topological polar surface area (TPSA) is 80.0 Å². The second-order valence-electron chi connectivity index (χ2n) is 4.92. The Labute approximate surface area is 101 Å². The number of likely N-dealkylation sites (tertiary alicyclic amines) is 1. The normalized spacial score (nSPS) is 25.1. The maximum absolute atomic E-state index is 5.61. The molecule has 1 saturated heterocycles. The van der Waals surface area contributed by atoms with Gasteiger partial charge in [-0.05, 0) is 26.2 Å². The Bertz CT molecular complexity index is 396. The fraction of sp³-hybridized carbons (Fsp3) is 0.727. The molecule has 1 aliphatic carbocycles. The van der Waals surface area contributed by atoms with E-state index >= 15 is 0 Å². The lowest BCUT2D eigenvalue weighted by Crippen LogP contribution is -2.28. The molecule has 1 atom stereocenters. The molecule has 0 radical (unpaired) electrons. The quantitative estimate of drug-likeness (QED) is 0.788. The number of hydrogen-bond donors (Lipinski definition) is 2. The van der Waals surface area contributed by atoms with Crippen LogP contribution in [0, 0.1) is 6.92 Å². The van der Waals surface area contributed by atoms with Crippen LogP contribution in [0.4, 0.5) is 11.9 Å². The van der Waals surface area contributed by atoms with Crippen molar-refractivity contribution in [2.45, 2.75) is 38.3 Å². The zero-order valence-electron chi connectivity index (χ0n) is 10.1. The van der Waals surface area contributed by atoms with Gasteiger partial charge in [0.2, 0.25) is 11.9 Å². The van der Waals surface area contributed by atoms with E-state index in [1.54, 1.807) is 0 Å². The van der Waals surface area contributed by atoms with E-state index in [2.05, 4.69) is 25.2 Å². The van der Waals surface area contributed by atoms with Crippen LogP contribution in [0.25, 0.3) is 0 Å². The molecule has 0 aromatic carbocycles. The van der Waals surface area contributed by atoms with Gasteiger partial charge in [-0.1, -0.05) is 0 Å². The average Bonchev–Trinajstić information content (AvgIpc) is 2.99. The van der Waals surface area contributed by atoms with E-state index in [0.717, 1.165) is 19.0 Å². The number of aromatic nitrogens is 3. The predicted octanol–water partition coefficient (Wildman–Crippen LogP) is 0.411. The van der Waals surface area contributed by atoms with Crippen molar-refractivity contribution in [1.29, 1.82) is 0 Å². The van der Waals surface area contributed by atoms with Gasteiger partial charge in [0.1, 0.15) is 5.82 Å². The molecule has 1 aromatic heterocycles. The summed E-state index contributed by atoms with van der Waals surface area (Å²) in [6, 6.07) is 1.28. The Morgan fingerprint density at radius 2 is 2.06 bits per heavy atom. The van der Waals surface area contributed by atoms with Crippen molar-refractivity contribution in [3.05, 3.63) is 5.82 Å². The summed E-state index contributed by atoms with van der Waals surface area (Å²) in [5, 5.41) is 3.35. The van der Waals surface area contributed by atoms with E-state index in [1.807, 2.05) is 6.92 Å². The lowest BCUT2D eigenvalue weighted by atomic mass is 10.3. The third-order valence-corrected chi connectivity index (χ3v) is 3.38. The predicted molar refractivity (Wildman–Crippen MR) is 65.6 cm³/mol. The van der Waals surface area contributed by atoms with E-state index in [4.69, 9.17) is 5.73 Å². The van der Waals surface area contributed by atoms with Crippen molar-refractivity contribution >= 4 is 11.9 Å². The van der Waals surface area contributed by atoms with Gasteiger partial charge in [-0.2, -0.15) is 15.0 Å². The van der Waals surface area contributed by atoms with Gasteiger partial charge in [0, 0.05) is 25.2 Å². The fourth-order valence-corrected chi connectivity index (χ4v) is 2.43. The van der Waals surface area contributed by atoms with Crippen molar-refractivity contribution < 1.29 is 0 Å². The van der Waals surface area contributed by atoms with E-state index in [9.17, 15) is 0 Å². The molecule has 1 aromatic rings. The Kier molecular flexibility index (Phi) is 2.58. The summed E-state index contributed by atoms with van der Waals surface area (Å²) in [4.78, 5) is 14.9. The number of nitrogens with zero attached hydrogens (tertiary/aromatic N) is 4. The molecular formula is C11H18N6. The fourth-order valence-electron chi connectivity index (χ4n) is 2.43. The summed E-state index contributed by atoms with van der Waals surface area (Å²) in [5.41, 5.74) is 5.61. The molecule has 6 heteroatoms. The molecule has 2 heterocycles. The molecular weight excluding hydrogens is 216 g/mol. The number of anilines is 2. The third kappa shape index (κ3) is 2.46. The molecule has 92 valence electrons. The van der Waals surface area contributed by atoms with Crippen molar-refractivity contribution in [3.8, 4) is 0 Å². The SMILES string of the molecule is Cc1nc(N)nc(NC2CCN(C3CC3)C2)n1. The Balaban J connectivity index is 1.62. The van der Waals surface area contributed by atoms with Gasteiger partial charge in [0.05, 0.1) is 0 Å².